The van der Waals surface area contributed by atoms with Crippen LogP contribution in [0.2, 0.25) is 5.02 Å². The van der Waals surface area contributed by atoms with Crippen molar-refractivity contribution in [1.82, 2.24) is 15.3 Å². The number of aryl methyl sites for hydroxylation is 1. The topological polar surface area (TPSA) is 81.8 Å². The van der Waals surface area contributed by atoms with Crippen LogP contribution in [0.15, 0.2) is 78.9 Å². The minimum Gasteiger partial charge on any atom is -0.326 e. The Kier molecular flexibility index (Phi) is 8.84. The Morgan fingerprint density at radius 2 is 1.60 bits per heavy atom. The third-order valence-corrected chi connectivity index (χ3v) is 7.32. The van der Waals surface area contributed by atoms with E-state index in [4.69, 9.17) is 11.6 Å². The molecule has 1 aliphatic rings. The molecule has 3 unspecified atom stereocenters. The van der Waals surface area contributed by atoms with E-state index in [1.54, 1.807) is 34.3 Å². The number of urea groups is 1. The average molecular weight is 561 g/mol. The van der Waals surface area contributed by atoms with Crippen LogP contribution in [0, 0.1) is 6.92 Å². The zero-order valence-corrected chi connectivity index (χ0v) is 24.4. The molecular weight excluding hydrogens is 524 g/mol. The summed E-state index contributed by atoms with van der Waals surface area (Å²) in [5.41, 5.74) is 2.89. The Labute approximate surface area is 241 Å². The molecule has 4 rings (SSSR count). The summed E-state index contributed by atoms with van der Waals surface area (Å²) >= 11 is 6.09. The highest BCUT2D eigenvalue weighted by Crippen LogP contribution is 2.41. The fourth-order valence-corrected chi connectivity index (χ4v) is 5.70. The summed E-state index contributed by atoms with van der Waals surface area (Å²) in [6.45, 7) is 9.20. The highest BCUT2D eigenvalue weighted by molar-refractivity contribution is 6.30. The zero-order valence-electron chi connectivity index (χ0n) is 23.6. The molecule has 2 N–H and O–H groups in total. The summed E-state index contributed by atoms with van der Waals surface area (Å²) in [5, 5.41) is 9.32. The lowest BCUT2D eigenvalue weighted by Crippen LogP contribution is -2.61. The third-order valence-electron chi connectivity index (χ3n) is 7.08. The third kappa shape index (κ3) is 6.83. The van der Waals surface area contributed by atoms with Crippen molar-refractivity contribution >= 4 is 35.1 Å². The van der Waals surface area contributed by atoms with Gasteiger partial charge in [-0.3, -0.25) is 9.59 Å². The Morgan fingerprint density at radius 1 is 0.925 bits per heavy atom. The van der Waals surface area contributed by atoms with E-state index in [1.807, 2.05) is 76.2 Å². The highest BCUT2D eigenvalue weighted by atomic mass is 35.5. The number of benzene rings is 3. The summed E-state index contributed by atoms with van der Waals surface area (Å²) in [7, 11) is 0. The molecule has 1 heterocycles. The van der Waals surface area contributed by atoms with Gasteiger partial charge in [0.25, 0.3) is 5.91 Å². The van der Waals surface area contributed by atoms with E-state index in [9.17, 15) is 14.4 Å². The molecule has 210 valence electrons. The number of halogens is 1. The second kappa shape index (κ2) is 12.1. The number of rotatable bonds is 5. The fraction of sp³-hybridized carbons (Fsp3) is 0.344. The lowest BCUT2D eigenvalue weighted by molar-refractivity contribution is -0.181. The van der Waals surface area contributed by atoms with Crippen LogP contribution >= 0.6 is 11.6 Å². The number of hydrazine groups is 1. The molecule has 0 saturated carbocycles. The molecule has 3 aromatic rings. The number of carbonyl (C=O) groups is 3. The van der Waals surface area contributed by atoms with E-state index in [2.05, 4.69) is 16.7 Å². The van der Waals surface area contributed by atoms with Crippen LogP contribution < -0.4 is 10.6 Å². The number of hydrogen-bond acceptors (Lipinski definition) is 3. The van der Waals surface area contributed by atoms with Crippen LogP contribution in [0.25, 0.3) is 0 Å². The average Bonchev–Trinajstić information content (AvgIpc) is 3.01. The maximum atomic E-state index is 14.5. The Bertz CT molecular complexity index is 1370. The molecule has 4 amide bonds. The van der Waals surface area contributed by atoms with Crippen molar-refractivity contribution in [1.29, 1.82) is 0 Å². The largest absolute Gasteiger partial charge is 0.326 e. The number of carbonyl (C=O) groups excluding carboxylic acids is 3. The molecule has 40 heavy (non-hydrogen) atoms. The van der Waals surface area contributed by atoms with Gasteiger partial charge in [-0.25, -0.2) is 14.8 Å². The van der Waals surface area contributed by atoms with Gasteiger partial charge in [0.05, 0.1) is 11.6 Å². The van der Waals surface area contributed by atoms with Gasteiger partial charge < -0.3 is 10.6 Å². The van der Waals surface area contributed by atoms with Gasteiger partial charge >= 0.3 is 6.03 Å². The van der Waals surface area contributed by atoms with Gasteiger partial charge in [-0.15, -0.1) is 0 Å². The molecule has 0 aliphatic carbocycles. The van der Waals surface area contributed by atoms with E-state index in [0.717, 1.165) is 16.7 Å². The van der Waals surface area contributed by atoms with E-state index in [1.165, 1.54) is 6.92 Å². The molecular formula is C32H37ClN4O3. The first-order valence-electron chi connectivity index (χ1n) is 13.5. The summed E-state index contributed by atoms with van der Waals surface area (Å²) in [6, 6.07) is 23.1. The second-order valence-corrected chi connectivity index (χ2v) is 11.8. The SMILES string of the molecule is CC(=O)N(N1C(=O)C(NC(=O)Nc2cccc(Cl)c2)CC(c2ccccc2)CC1c1cccc(C)c1)C(C)(C)C. The number of hydrogen-bond donors (Lipinski definition) is 2. The molecule has 7 nitrogen and oxygen atoms in total. The van der Waals surface area contributed by atoms with Gasteiger partial charge in [0, 0.05) is 17.6 Å². The standard InChI is InChI=1S/C32H37ClN4O3/c1-21-11-9-14-24(17-21)29-19-25(23-12-7-6-8-13-23)18-28(30(39)36(29)37(22(2)38)32(3,4)5)35-31(40)34-27-16-10-15-26(33)20-27/h6-17,20,25,28-29H,18-19H2,1-5H3,(H2,34,35,40). The summed E-state index contributed by atoms with van der Waals surface area (Å²) < 4.78 is 0. The smallest absolute Gasteiger partial charge is 0.319 e. The van der Waals surface area contributed by atoms with Gasteiger partial charge in [0.1, 0.15) is 6.04 Å². The molecule has 3 aromatic carbocycles. The van der Waals surface area contributed by atoms with Crippen molar-refractivity contribution < 1.29 is 14.4 Å². The molecule has 3 atom stereocenters. The predicted octanol–water partition coefficient (Wildman–Crippen LogP) is 6.85. The van der Waals surface area contributed by atoms with Gasteiger partial charge in [0.15, 0.2) is 0 Å². The number of nitrogens with zero attached hydrogens (tertiary/aromatic N) is 2. The van der Waals surface area contributed by atoms with E-state index < -0.39 is 23.7 Å². The maximum absolute atomic E-state index is 14.5. The van der Waals surface area contributed by atoms with Gasteiger partial charge in [-0.05, 0) is 75.8 Å². The number of amides is 4. The van der Waals surface area contributed by atoms with Crippen LogP contribution in [0.3, 0.4) is 0 Å². The molecule has 1 aliphatic heterocycles. The first kappa shape index (κ1) is 29.2. The van der Waals surface area contributed by atoms with Crippen LogP contribution in [0.1, 0.15) is 69.2 Å². The Morgan fingerprint density at radius 3 is 2.23 bits per heavy atom. The second-order valence-electron chi connectivity index (χ2n) is 11.4. The normalized spacial score (nSPS) is 19.5. The van der Waals surface area contributed by atoms with E-state index in [0.29, 0.717) is 23.6 Å². The van der Waals surface area contributed by atoms with E-state index >= 15 is 0 Å². The first-order valence-corrected chi connectivity index (χ1v) is 13.9. The minimum atomic E-state index is -0.886. The lowest BCUT2D eigenvalue weighted by Gasteiger charge is -2.47. The van der Waals surface area contributed by atoms with Crippen molar-refractivity contribution in [3.05, 3.63) is 101 Å². The van der Waals surface area contributed by atoms with Crippen LogP contribution in [0.4, 0.5) is 10.5 Å². The minimum absolute atomic E-state index is 0.0640. The van der Waals surface area contributed by atoms with Gasteiger partial charge in [0.2, 0.25) is 5.91 Å². The van der Waals surface area contributed by atoms with Gasteiger partial charge in [-0.1, -0.05) is 77.8 Å². The summed E-state index contributed by atoms with van der Waals surface area (Å²) in [4.78, 5) is 40.8. The Balaban J connectivity index is 1.80. The van der Waals surface area contributed by atoms with Crippen molar-refractivity contribution in [2.45, 2.75) is 71.0 Å². The molecule has 0 spiro atoms. The quantitative estimate of drug-likeness (QED) is 0.358. The number of nitrogens with one attached hydrogen (secondary N) is 2. The molecule has 1 fully saturated rings. The lowest BCUT2D eigenvalue weighted by atomic mass is 9.86. The number of anilines is 1. The molecule has 0 aromatic heterocycles. The van der Waals surface area contributed by atoms with Crippen molar-refractivity contribution in [3.63, 3.8) is 0 Å². The monoisotopic (exact) mass is 560 g/mol. The van der Waals surface area contributed by atoms with E-state index in [-0.39, 0.29) is 17.7 Å². The fourth-order valence-electron chi connectivity index (χ4n) is 5.51. The van der Waals surface area contributed by atoms with Crippen molar-refractivity contribution in [2.75, 3.05) is 5.32 Å². The summed E-state index contributed by atoms with van der Waals surface area (Å²) in [6.07, 6.45) is 0.952. The first-order chi connectivity index (χ1) is 18.9. The Hall–Kier alpha value is -3.84. The molecule has 0 bridgehead atoms. The van der Waals surface area contributed by atoms with Crippen LogP contribution in [-0.4, -0.2) is 39.4 Å². The molecule has 1 saturated heterocycles. The van der Waals surface area contributed by atoms with Crippen LogP contribution in [-0.2, 0) is 9.59 Å². The molecule has 0 radical (unpaired) electrons. The van der Waals surface area contributed by atoms with Crippen molar-refractivity contribution in [2.24, 2.45) is 0 Å². The molecule has 8 heteroatoms. The predicted molar refractivity (Wildman–Crippen MR) is 159 cm³/mol. The van der Waals surface area contributed by atoms with Gasteiger partial charge in [-0.2, -0.15) is 0 Å². The summed E-state index contributed by atoms with van der Waals surface area (Å²) in [5.74, 6) is -0.652. The van der Waals surface area contributed by atoms with Crippen molar-refractivity contribution in [3.8, 4) is 0 Å². The zero-order chi connectivity index (χ0) is 29.0. The maximum Gasteiger partial charge on any atom is 0.319 e. The van der Waals surface area contributed by atoms with Crippen LogP contribution in [0.5, 0.6) is 0 Å². The highest BCUT2D eigenvalue weighted by Gasteiger charge is 2.45.